The first-order valence-electron chi connectivity index (χ1n) is 10.9. The number of nitrogens with one attached hydrogen (secondary N) is 1. The second-order valence-corrected chi connectivity index (χ2v) is 9.53. The number of likely N-dealkylation sites (N-methyl/N-ethyl adjacent to an activating group) is 1. The van der Waals surface area contributed by atoms with Gasteiger partial charge in [-0.3, -0.25) is 19.3 Å². The van der Waals surface area contributed by atoms with Gasteiger partial charge in [0.05, 0.1) is 5.02 Å². The van der Waals surface area contributed by atoms with Crippen LogP contribution in [-0.4, -0.2) is 45.9 Å². The maximum atomic E-state index is 14.1. The van der Waals surface area contributed by atoms with Crippen LogP contribution in [0.15, 0.2) is 29.2 Å². The van der Waals surface area contributed by atoms with Crippen molar-refractivity contribution in [1.29, 1.82) is 0 Å². The van der Waals surface area contributed by atoms with Crippen molar-refractivity contribution in [3.05, 3.63) is 62.3 Å². The highest BCUT2D eigenvalue weighted by Crippen LogP contribution is 2.30. The Morgan fingerprint density at radius 3 is 2.85 bits per heavy atom. The molecule has 1 aliphatic heterocycles. The third-order valence-corrected chi connectivity index (χ3v) is 6.85. The molecule has 1 fully saturated rings. The van der Waals surface area contributed by atoms with Gasteiger partial charge in [0, 0.05) is 36.9 Å². The molecule has 3 rings (SSSR count). The van der Waals surface area contributed by atoms with Crippen LogP contribution in [0.2, 0.25) is 5.02 Å². The van der Waals surface area contributed by atoms with Crippen LogP contribution in [0, 0.1) is 11.7 Å². The maximum Gasteiger partial charge on any atom is 0.257 e. The molecule has 1 amide bonds. The number of rotatable bonds is 6. The van der Waals surface area contributed by atoms with Gasteiger partial charge < -0.3 is 15.0 Å². The lowest BCUT2D eigenvalue weighted by Crippen LogP contribution is -2.48. The van der Waals surface area contributed by atoms with Crippen molar-refractivity contribution in [2.45, 2.75) is 51.7 Å². The van der Waals surface area contributed by atoms with Crippen molar-refractivity contribution in [1.82, 2.24) is 14.8 Å². The van der Waals surface area contributed by atoms with Crippen molar-refractivity contribution >= 4 is 23.8 Å². The van der Waals surface area contributed by atoms with Crippen molar-refractivity contribution in [2.75, 3.05) is 13.6 Å². The third-order valence-electron chi connectivity index (χ3n) is 6.55. The molecule has 2 heterocycles. The fourth-order valence-electron chi connectivity index (χ4n) is 4.40. The molecule has 1 aromatic heterocycles. The number of nitrogens with zero attached hydrogens (tertiary/aromatic N) is 2. The van der Waals surface area contributed by atoms with E-state index in [4.69, 9.17) is 11.6 Å². The molecule has 1 saturated heterocycles. The lowest BCUT2D eigenvalue weighted by atomic mass is 9.94. The minimum Gasteiger partial charge on any atom is -0.503 e. The number of hydrogen-bond acceptors (Lipinski definition) is 5. The van der Waals surface area contributed by atoms with Crippen LogP contribution in [0.4, 0.5) is 4.39 Å². The van der Waals surface area contributed by atoms with Crippen LogP contribution in [0.25, 0.3) is 0 Å². The number of carbonyl (C=O) groups is 2. The average molecular weight is 478 g/mol. The highest BCUT2D eigenvalue weighted by Gasteiger charge is 2.34. The second kappa shape index (κ2) is 10.1. The predicted molar refractivity (Wildman–Crippen MR) is 124 cm³/mol. The number of pyridine rings is 1. The summed E-state index contributed by atoms with van der Waals surface area (Å²) in [4.78, 5) is 39.3. The highest BCUT2D eigenvalue weighted by atomic mass is 35.5. The van der Waals surface area contributed by atoms with E-state index in [-0.39, 0.29) is 33.9 Å². The molecule has 2 N–H and O–H groups in total. The first kappa shape index (κ1) is 24.9. The van der Waals surface area contributed by atoms with Crippen molar-refractivity contribution in [3.8, 4) is 5.75 Å². The largest absolute Gasteiger partial charge is 0.503 e. The molecule has 1 aliphatic rings. The van der Waals surface area contributed by atoms with Gasteiger partial charge in [0.25, 0.3) is 5.91 Å². The van der Waals surface area contributed by atoms with E-state index in [0.29, 0.717) is 18.7 Å². The van der Waals surface area contributed by atoms with Crippen LogP contribution in [-0.2, 0) is 13.1 Å². The van der Waals surface area contributed by atoms with Gasteiger partial charge >= 0.3 is 0 Å². The molecule has 0 aliphatic carbocycles. The summed E-state index contributed by atoms with van der Waals surface area (Å²) in [6.07, 6.45) is 4.66. The van der Waals surface area contributed by atoms with Gasteiger partial charge in [-0.05, 0) is 38.8 Å². The number of benzene rings is 1. The normalized spacial score (nSPS) is 21.4. The molecule has 2 aromatic rings. The topological polar surface area (TPSA) is 91.6 Å². The zero-order valence-electron chi connectivity index (χ0n) is 19.0. The minimum absolute atomic E-state index is 0.0767. The van der Waals surface area contributed by atoms with Gasteiger partial charge in [-0.1, -0.05) is 37.1 Å². The lowest BCUT2D eigenvalue weighted by molar-refractivity contribution is 0.0938. The predicted octanol–water partition coefficient (Wildman–Crippen LogP) is 3.60. The summed E-state index contributed by atoms with van der Waals surface area (Å²) in [7, 11) is 2.01. The van der Waals surface area contributed by atoms with E-state index in [1.54, 1.807) is 6.07 Å². The minimum atomic E-state index is -0.953. The number of aromatic hydroxyl groups is 1. The summed E-state index contributed by atoms with van der Waals surface area (Å²) in [5.74, 6) is -1.69. The number of hydrogen-bond donors (Lipinski definition) is 2. The first-order chi connectivity index (χ1) is 15.6. The van der Waals surface area contributed by atoms with Crippen molar-refractivity contribution in [2.24, 2.45) is 5.92 Å². The molecule has 33 heavy (non-hydrogen) atoms. The summed E-state index contributed by atoms with van der Waals surface area (Å²) in [6, 6.07) is 4.41. The molecule has 1 aromatic carbocycles. The zero-order chi connectivity index (χ0) is 24.3. The molecule has 0 radical (unpaired) electrons. The number of halogens is 2. The summed E-state index contributed by atoms with van der Waals surface area (Å²) >= 11 is 5.77. The van der Waals surface area contributed by atoms with E-state index < -0.39 is 22.9 Å². The van der Waals surface area contributed by atoms with E-state index in [2.05, 4.69) is 24.1 Å². The molecule has 0 unspecified atom stereocenters. The fraction of sp³-hybridized carbons (Fsp3) is 0.458. The molecule has 0 saturated carbocycles. The fourth-order valence-corrected chi connectivity index (χ4v) is 4.60. The zero-order valence-corrected chi connectivity index (χ0v) is 19.8. The number of carbonyl (C=O) groups excluding carboxylic acids is 2. The quantitative estimate of drug-likeness (QED) is 0.620. The molecule has 178 valence electrons. The first-order valence-corrected chi connectivity index (χ1v) is 11.3. The molecular weight excluding hydrogens is 449 g/mol. The van der Waals surface area contributed by atoms with Gasteiger partial charge in [0.15, 0.2) is 12.0 Å². The van der Waals surface area contributed by atoms with E-state index in [1.165, 1.54) is 22.9 Å². The monoisotopic (exact) mass is 477 g/mol. The Morgan fingerprint density at radius 1 is 1.42 bits per heavy atom. The Morgan fingerprint density at radius 2 is 2.15 bits per heavy atom. The average Bonchev–Trinajstić information content (AvgIpc) is 2.89. The van der Waals surface area contributed by atoms with Gasteiger partial charge in [-0.15, -0.1) is 0 Å². The number of aromatic nitrogens is 1. The van der Waals surface area contributed by atoms with Crippen LogP contribution in [0.5, 0.6) is 5.75 Å². The molecule has 2 atom stereocenters. The van der Waals surface area contributed by atoms with E-state index in [1.807, 2.05) is 7.05 Å². The molecule has 7 nitrogen and oxygen atoms in total. The summed E-state index contributed by atoms with van der Waals surface area (Å²) in [5.41, 5.74) is -1.64. The Bertz CT molecular complexity index is 1120. The number of aldehydes is 1. The standard InChI is InChI=1S/C24H29ClFN3O4/c1-15-6-5-9-24(2,28(3)11-15)14-29-12-17(21(31)22(32)19(29)13-30)23(33)27-10-16-7-4-8-18(25)20(16)26/h4,7-8,12-13,15,32H,5-6,9-11,14H2,1-3H3,(H,27,33)/t15-,24+/m1/s1. The molecule has 0 spiro atoms. The van der Waals surface area contributed by atoms with E-state index in [0.717, 1.165) is 25.8 Å². The van der Waals surface area contributed by atoms with Gasteiger partial charge in [-0.2, -0.15) is 0 Å². The Hall–Kier alpha value is -2.71. The van der Waals surface area contributed by atoms with Crippen LogP contribution in [0.1, 0.15) is 59.5 Å². The summed E-state index contributed by atoms with van der Waals surface area (Å²) in [5, 5.41) is 12.8. The number of likely N-dealkylation sites (tertiary alicyclic amines) is 1. The third kappa shape index (κ3) is 5.28. The van der Waals surface area contributed by atoms with Gasteiger partial charge in [0.2, 0.25) is 5.43 Å². The van der Waals surface area contributed by atoms with Gasteiger partial charge in [-0.25, -0.2) is 4.39 Å². The Labute approximate surface area is 197 Å². The highest BCUT2D eigenvalue weighted by molar-refractivity contribution is 6.30. The Kier molecular flexibility index (Phi) is 7.59. The summed E-state index contributed by atoms with van der Waals surface area (Å²) < 4.78 is 15.6. The molecule has 9 heteroatoms. The van der Waals surface area contributed by atoms with E-state index >= 15 is 0 Å². The SMILES string of the molecule is C[C@@H]1CCC[C@@](C)(Cn2cc(C(=O)NCc3cccc(Cl)c3F)c(=O)c(O)c2C=O)N(C)C1. The smallest absolute Gasteiger partial charge is 0.257 e. The van der Waals surface area contributed by atoms with Crippen LogP contribution < -0.4 is 10.7 Å². The summed E-state index contributed by atoms with van der Waals surface area (Å²) in [6.45, 7) is 5.24. The van der Waals surface area contributed by atoms with Crippen molar-refractivity contribution in [3.63, 3.8) is 0 Å². The van der Waals surface area contributed by atoms with Crippen molar-refractivity contribution < 1.29 is 19.1 Å². The Balaban J connectivity index is 1.92. The molecular formula is C24H29ClFN3O4. The number of amides is 1. The molecule has 0 bridgehead atoms. The lowest BCUT2D eigenvalue weighted by Gasteiger charge is -2.39. The van der Waals surface area contributed by atoms with Crippen LogP contribution in [0.3, 0.4) is 0 Å². The maximum absolute atomic E-state index is 14.1. The second-order valence-electron chi connectivity index (χ2n) is 9.12. The van der Waals surface area contributed by atoms with E-state index in [9.17, 15) is 23.9 Å². The van der Waals surface area contributed by atoms with Crippen LogP contribution >= 0.6 is 11.6 Å². The van der Waals surface area contributed by atoms with Gasteiger partial charge in [0.1, 0.15) is 17.1 Å².